The summed E-state index contributed by atoms with van der Waals surface area (Å²) in [7, 11) is 0. The van der Waals surface area contributed by atoms with Gasteiger partial charge in [-0.1, -0.05) is 47.1 Å². The van der Waals surface area contributed by atoms with Crippen molar-refractivity contribution in [2.24, 2.45) is 16.3 Å². The van der Waals surface area contributed by atoms with E-state index < -0.39 is 0 Å². The lowest BCUT2D eigenvalue weighted by Gasteiger charge is -2.24. The lowest BCUT2D eigenvalue weighted by atomic mass is 9.88. The van der Waals surface area contributed by atoms with Crippen molar-refractivity contribution in [1.82, 2.24) is 5.32 Å². The van der Waals surface area contributed by atoms with Gasteiger partial charge in [-0.05, 0) is 37.6 Å². The molecule has 0 saturated carbocycles. The lowest BCUT2D eigenvalue weighted by molar-refractivity contribution is 0.304. The van der Waals surface area contributed by atoms with Gasteiger partial charge in [0.05, 0.1) is 0 Å². The van der Waals surface area contributed by atoms with Crippen LogP contribution in [0.15, 0.2) is 33.9 Å². The van der Waals surface area contributed by atoms with Crippen LogP contribution < -0.4 is 11.1 Å². The van der Waals surface area contributed by atoms with Crippen LogP contribution in [-0.2, 0) is 0 Å². The van der Waals surface area contributed by atoms with Crippen LogP contribution >= 0.6 is 15.9 Å². The van der Waals surface area contributed by atoms with E-state index in [2.05, 4.69) is 45.5 Å². The summed E-state index contributed by atoms with van der Waals surface area (Å²) in [6.45, 7) is 6.86. The molecule has 0 saturated heterocycles. The molecule has 5 heteroatoms. The van der Waals surface area contributed by atoms with Gasteiger partial charge in [-0.25, -0.2) is 0 Å². The van der Waals surface area contributed by atoms with Crippen molar-refractivity contribution in [1.29, 1.82) is 0 Å². The minimum Gasteiger partial charge on any atom is -0.409 e. The van der Waals surface area contributed by atoms with Crippen LogP contribution in [0.3, 0.4) is 0 Å². The molecular formula is C14H22BrN3O. The first-order valence-corrected chi connectivity index (χ1v) is 7.13. The summed E-state index contributed by atoms with van der Waals surface area (Å²) < 4.78 is 1.08. The zero-order valence-corrected chi connectivity index (χ0v) is 13.2. The predicted octanol–water partition coefficient (Wildman–Crippen LogP) is 3.26. The van der Waals surface area contributed by atoms with Crippen LogP contribution in [0.4, 0.5) is 0 Å². The van der Waals surface area contributed by atoms with Gasteiger partial charge < -0.3 is 16.3 Å². The lowest BCUT2D eigenvalue weighted by Crippen LogP contribution is -2.35. The number of nitrogens with one attached hydrogen (secondary N) is 1. The van der Waals surface area contributed by atoms with Gasteiger partial charge in [0.25, 0.3) is 0 Å². The van der Waals surface area contributed by atoms with E-state index in [9.17, 15) is 0 Å². The normalized spacial score (nSPS) is 14.4. The van der Waals surface area contributed by atoms with E-state index >= 15 is 0 Å². The Bertz CT molecular complexity index is 446. The van der Waals surface area contributed by atoms with E-state index in [0.29, 0.717) is 0 Å². The van der Waals surface area contributed by atoms with Crippen LogP contribution in [0, 0.1) is 5.41 Å². The summed E-state index contributed by atoms with van der Waals surface area (Å²) in [6.07, 6.45) is 0.807. The van der Waals surface area contributed by atoms with E-state index in [1.54, 1.807) is 0 Å². The molecule has 0 heterocycles. The first-order chi connectivity index (χ1) is 8.86. The molecule has 0 aliphatic carbocycles. The maximum absolute atomic E-state index is 8.72. The minimum atomic E-state index is -0.307. The highest BCUT2D eigenvalue weighted by molar-refractivity contribution is 9.10. The average molecular weight is 328 g/mol. The summed E-state index contributed by atoms with van der Waals surface area (Å²) in [5, 5.41) is 15.3. The predicted molar refractivity (Wildman–Crippen MR) is 82.4 cm³/mol. The molecule has 1 aromatic rings. The molecule has 1 aromatic carbocycles. The Morgan fingerprint density at radius 3 is 2.79 bits per heavy atom. The maximum atomic E-state index is 8.72. The molecular weight excluding hydrogens is 306 g/mol. The molecule has 0 radical (unpaired) electrons. The van der Waals surface area contributed by atoms with Gasteiger partial charge in [-0.3, -0.25) is 0 Å². The van der Waals surface area contributed by atoms with Crippen LogP contribution in [0.5, 0.6) is 0 Å². The second-order valence-corrected chi connectivity index (χ2v) is 6.27. The molecule has 4 N–H and O–H groups in total. The highest BCUT2D eigenvalue weighted by Gasteiger charge is 2.23. The van der Waals surface area contributed by atoms with Gasteiger partial charge in [0.1, 0.15) is 5.84 Å². The van der Waals surface area contributed by atoms with Gasteiger partial charge in [-0.2, -0.15) is 0 Å². The van der Waals surface area contributed by atoms with E-state index in [4.69, 9.17) is 10.9 Å². The highest BCUT2D eigenvalue weighted by atomic mass is 79.9. The van der Waals surface area contributed by atoms with Gasteiger partial charge in [0, 0.05) is 15.9 Å². The summed E-state index contributed by atoms with van der Waals surface area (Å²) in [5.41, 5.74) is 6.59. The van der Waals surface area contributed by atoms with Crippen LogP contribution in [-0.4, -0.2) is 17.6 Å². The van der Waals surface area contributed by atoms with Gasteiger partial charge in [0.2, 0.25) is 0 Å². The molecule has 0 aromatic heterocycles. The van der Waals surface area contributed by atoms with Crippen molar-refractivity contribution in [2.75, 3.05) is 6.54 Å². The number of halogens is 1. The Labute approximate surface area is 123 Å². The second kappa shape index (κ2) is 6.91. The zero-order chi connectivity index (χ0) is 14.5. The molecule has 0 amide bonds. The number of amidine groups is 1. The number of nitrogens with two attached hydrogens (primary N) is 1. The van der Waals surface area contributed by atoms with E-state index in [1.165, 1.54) is 5.56 Å². The Morgan fingerprint density at radius 1 is 1.53 bits per heavy atom. The minimum absolute atomic E-state index is 0.264. The fraction of sp³-hybridized carbons (Fsp3) is 0.500. The fourth-order valence-electron chi connectivity index (χ4n) is 1.76. The Morgan fingerprint density at radius 2 is 2.21 bits per heavy atom. The standard InChI is InChI=1S/C14H22BrN3O/c1-10(11-5-4-6-12(15)9-11)17-8-7-14(2,3)13(16)18-19/h4-6,9-10,17,19H,7-8H2,1-3H3,(H2,16,18). The van der Waals surface area contributed by atoms with E-state index in [0.717, 1.165) is 17.4 Å². The molecule has 0 aliphatic rings. The Hall–Kier alpha value is -1.07. The zero-order valence-electron chi connectivity index (χ0n) is 11.7. The molecule has 1 rings (SSSR count). The first-order valence-electron chi connectivity index (χ1n) is 6.33. The van der Waals surface area contributed by atoms with Crippen molar-refractivity contribution in [3.8, 4) is 0 Å². The number of oxime groups is 1. The van der Waals surface area contributed by atoms with Gasteiger partial charge >= 0.3 is 0 Å². The molecule has 106 valence electrons. The van der Waals surface area contributed by atoms with Crippen molar-refractivity contribution >= 4 is 21.8 Å². The summed E-state index contributed by atoms with van der Waals surface area (Å²) >= 11 is 3.47. The largest absolute Gasteiger partial charge is 0.409 e. The topological polar surface area (TPSA) is 70.6 Å². The van der Waals surface area contributed by atoms with Gasteiger partial charge in [-0.15, -0.1) is 0 Å². The Kier molecular flexibility index (Phi) is 5.82. The third-order valence-corrected chi connectivity index (χ3v) is 3.84. The second-order valence-electron chi connectivity index (χ2n) is 5.35. The summed E-state index contributed by atoms with van der Waals surface area (Å²) in [6, 6.07) is 8.50. The molecule has 0 spiro atoms. The van der Waals surface area contributed by atoms with Crippen molar-refractivity contribution in [2.45, 2.75) is 33.2 Å². The molecule has 0 fully saturated rings. The molecule has 19 heavy (non-hydrogen) atoms. The monoisotopic (exact) mass is 327 g/mol. The number of hydrogen-bond donors (Lipinski definition) is 3. The third-order valence-electron chi connectivity index (χ3n) is 3.35. The number of benzene rings is 1. The molecule has 0 bridgehead atoms. The number of nitrogens with zero attached hydrogens (tertiary/aromatic N) is 1. The number of hydrogen-bond acceptors (Lipinski definition) is 3. The summed E-state index contributed by atoms with van der Waals surface area (Å²) in [4.78, 5) is 0. The molecule has 0 aliphatic heterocycles. The van der Waals surface area contributed by atoms with E-state index in [-0.39, 0.29) is 17.3 Å². The van der Waals surface area contributed by atoms with Crippen molar-refractivity contribution in [3.63, 3.8) is 0 Å². The van der Waals surface area contributed by atoms with Crippen molar-refractivity contribution < 1.29 is 5.21 Å². The van der Waals surface area contributed by atoms with E-state index in [1.807, 2.05) is 26.0 Å². The number of rotatable bonds is 6. The first kappa shape index (κ1) is 16.0. The fourth-order valence-corrected chi connectivity index (χ4v) is 2.18. The molecule has 1 unspecified atom stereocenters. The average Bonchev–Trinajstić information content (AvgIpc) is 2.37. The Balaban J connectivity index is 2.50. The van der Waals surface area contributed by atoms with Gasteiger partial charge in [0.15, 0.2) is 0 Å². The highest BCUT2D eigenvalue weighted by Crippen LogP contribution is 2.21. The van der Waals surface area contributed by atoms with Crippen LogP contribution in [0.25, 0.3) is 0 Å². The maximum Gasteiger partial charge on any atom is 0.144 e. The molecule has 4 nitrogen and oxygen atoms in total. The van der Waals surface area contributed by atoms with Crippen molar-refractivity contribution in [3.05, 3.63) is 34.3 Å². The summed E-state index contributed by atoms with van der Waals surface area (Å²) in [5.74, 6) is 0.268. The quantitative estimate of drug-likeness (QED) is 0.325. The smallest absolute Gasteiger partial charge is 0.144 e. The SMILES string of the molecule is CC(NCCC(C)(C)C(N)=NO)c1cccc(Br)c1. The van der Waals surface area contributed by atoms with Crippen LogP contribution in [0.2, 0.25) is 0 Å². The third kappa shape index (κ3) is 4.84. The van der Waals surface area contributed by atoms with Crippen LogP contribution in [0.1, 0.15) is 38.8 Å². The molecule has 1 atom stereocenters.